The van der Waals surface area contributed by atoms with Crippen molar-refractivity contribution in [1.29, 1.82) is 0 Å². The first-order valence-corrected chi connectivity index (χ1v) is 9.76. The summed E-state index contributed by atoms with van der Waals surface area (Å²) in [5, 5.41) is 2.45. The van der Waals surface area contributed by atoms with Crippen molar-refractivity contribution in [1.82, 2.24) is 5.32 Å². The lowest BCUT2D eigenvalue weighted by molar-refractivity contribution is -0.147. The van der Waals surface area contributed by atoms with Gasteiger partial charge in [-0.3, -0.25) is 4.79 Å². The lowest BCUT2D eigenvalue weighted by atomic mass is 10.1. The minimum absolute atomic E-state index is 0.00611. The zero-order chi connectivity index (χ0) is 25.1. The fourth-order valence-corrected chi connectivity index (χ4v) is 1.40. The van der Waals surface area contributed by atoms with Crippen LogP contribution in [-0.4, -0.2) is 38.4 Å². The van der Waals surface area contributed by atoms with Gasteiger partial charge >= 0.3 is 12.1 Å². The van der Waals surface area contributed by atoms with Crippen LogP contribution in [0.5, 0.6) is 0 Å². The molecule has 0 aliphatic heterocycles. The molecule has 0 saturated carbocycles. The summed E-state index contributed by atoms with van der Waals surface area (Å²) in [7, 11) is 0. The molecule has 0 aromatic heterocycles. The minimum atomic E-state index is -0.649. The highest BCUT2D eigenvalue weighted by atomic mass is 16.6. The third-order valence-corrected chi connectivity index (χ3v) is 3.12. The van der Waals surface area contributed by atoms with E-state index in [4.69, 9.17) is 20.6 Å². The molecular formula is C28H19NO5. The van der Waals surface area contributed by atoms with Crippen LogP contribution in [-0.2, 0) is 19.0 Å². The molecule has 1 atom stereocenters. The average Bonchev–Trinajstić information content (AvgIpc) is 2.84. The lowest BCUT2D eigenvalue weighted by Crippen LogP contribution is -2.30. The predicted octanol–water partition coefficient (Wildman–Crippen LogP) is 0.936. The van der Waals surface area contributed by atoms with Crippen molar-refractivity contribution < 1.29 is 23.8 Å². The van der Waals surface area contributed by atoms with Crippen LogP contribution in [0.25, 0.3) is 0 Å². The SMILES string of the molecule is C#CC#CC#CC#CC#CC#CC#CC#CC#COCCOC(=O)NCCOC(=O)C(C)CC. The second-order valence-corrected chi connectivity index (χ2v) is 5.51. The molecule has 6 nitrogen and oxygen atoms in total. The van der Waals surface area contributed by atoms with Crippen LogP contribution < -0.4 is 5.32 Å². The maximum Gasteiger partial charge on any atom is 0.407 e. The molecule has 0 rings (SSSR count). The van der Waals surface area contributed by atoms with Crippen LogP contribution in [0.1, 0.15) is 20.3 Å². The molecule has 166 valence electrons. The highest BCUT2D eigenvalue weighted by molar-refractivity contribution is 5.72. The summed E-state index contributed by atoms with van der Waals surface area (Å²) >= 11 is 0. The van der Waals surface area contributed by atoms with E-state index in [1.54, 1.807) is 6.92 Å². The predicted molar refractivity (Wildman–Crippen MR) is 127 cm³/mol. The Kier molecular flexibility index (Phi) is 18.7. The van der Waals surface area contributed by atoms with Crippen LogP contribution in [0.15, 0.2) is 0 Å². The van der Waals surface area contributed by atoms with Crippen molar-refractivity contribution in [2.75, 3.05) is 26.4 Å². The van der Waals surface area contributed by atoms with E-state index in [-0.39, 0.29) is 38.3 Å². The summed E-state index contributed by atoms with van der Waals surface area (Å²) in [4.78, 5) is 22.9. The number of carbonyl (C=O) groups excluding carboxylic acids is 2. The number of rotatable bonds is 8. The normalized spacial score (nSPS) is 7.68. The molecule has 0 aliphatic rings. The molecule has 1 N–H and O–H groups in total. The number of nitrogens with one attached hydrogen (secondary N) is 1. The van der Waals surface area contributed by atoms with Gasteiger partial charge in [0.25, 0.3) is 0 Å². The minimum Gasteiger partial charge on any atom is -0.464 e. The van der Waals surface area contributed by atoms with E-state index >= 15 is 0 Å². The van der Waals surface area contributed by atoms with Gasteiger partial charge < -0.3 is 19.5 Å². The number of alkyl carbamates (subject to hydrolysis) is 1. The summed E-state index contributed by atoms with van der Waals surface area (Å²) in [6, 6.07) is 0. The van der Waals surface area contributed by atoms with Crippen molar-refractivity contribution in [3.8, 4) is 107 Å². The molecule has 1 unspecified atom stereocenters. The molecule has 0 spiro atoms. The van der Waals surface area contributed by atoms with Gasteiger partial charge in [0.15, 0.2) is 0 Å². The first-order valence-electron chi connectivity index (χ1n) is 9.76. The number of carbonyl (C=O) groups is 2. The molecule has 0 fully saturated rings. The van der Waals surface area contributed by atoms with Crippen LogP contribution >= 0.6 is 0 Å². The Bertz CT molecular complexity index is 1260. The van der Waals surface area contributed by atoms with Gasteiger partial charge in [0.2, 0.25) is 0 Å². The first kappa shape index (κ1) is 28.6. The van der Waals surface area contributed by atoms with E-state index in [0.29, 0.717) is 6.42 Å². The molecule has 0 heterocycles. The number of hydrogen-bond acceptors (Lipinski definition) is 5. The van der Waals surface area contributed by atoms with Crippen molar-refractivity contribution in [3.63, 3.8) is 0 Å². The molecule has 0 aliphatic carbocycles. The number of ether oxygens (including phenoxy) is 3. The van der Waals surface area contributed by atoms with Crippen LogP contribution in [0, 0.1) is 113 Å². The van der Waals surface area contributed by atoms with Gasteiger partial charge in [0, 0.05) is 47.4 Å². The Morgan fingerprint density at radius 2 is 1.24 bits per heavy atom. The van der Waals surface area contributed by atoms with Gasteiger partial charge in [0.1, 0.15) is 25.9 Å². The Labute approximate surface area is 201 Å². The number of amides is 1. The zero-order valence-corrected chi connectivity index (χ0v) is 18.7. The smallest absolute Gasteiger partial charge is 0.407 e. The van der Waals surface area contributed by atoms with Crippen molar-refractivity contribution >= 4 is 12.1 Å². The Hall–Kier alpha value is -5.42. The zero-order valence-electron chi connectivity index (χ0n) is 18.7. The van der Waals surface area contributed by atoms with Crippen LogP contribution in [0.4, 0.5) is 4.79 Å². The monoisotopic (exact) mass is 449 g/mol. The maximum absolute atomic E-state index is 11.4. The van der Waals surface area contributed by atoms with Gasteiger partial charge in [-0.05, 0) is 53.8 Å². The molecular weight excluding hydrogens is 430 g/mol. The molecule has 0 radical (unpaired) electrons. The summed E-state index contributed by atoms with van der Waals surface area (Å²) in [5.41, 5.74) is 0. The number of terminal acetylenes is 1. The van der Waals surface area contributed by atoms with E-state index in [1.807, 2.05) is 6.92 Å². The van der Waals surface area contributed by atoms with Crippen LogP contribution in [0.2, 0.25) is 0 Å². The van der Waals surface area contributed by atoms with Gasteiger partial charge in [-0.25, -0.2) is 4.79 Å². The quantitative estimate of drug-likeness (QED) is 0.339. The fraction of sp³-hybridized carbons (Fsp3) is 0.286. The second-order valence-electron chi connectivity index (χ2n) is 5.51. The van der Waals surface area contributed by atoms with E-state index in [9.17, 15) is 9.59 Å². The molecule has 34 heavy (non-hydrogen) atoms. The summed E-state index contributed by atoms with van der Waals surface area (Å²) < 4.78 is 14.8. The second kappa shape index (κ2) is 22.3. The molecule has 0 aromatic carbocycles. The molecule has 0 aromatic rings. The Balaban J connectivity index is 3.97. The fourth-order valence-electron chi connectivity index (χ4n) is 1.40. The standard InChI is InChI=1S/C28H19NO5/c1-4-6-7-8-9-10-11-12-13-14-15-16-17-18-19-20-22-32-24-25-34-28(31)29-21-23-33-27(30)26(3)5-2/h1,26H,5,21,23-25H2,2-3H3,(H,29,31). The van der Waals surface area contributed by atoms with Crippen LogP contribution in [0.3, 0.4) is 0 Å². The summed E-state index contributed by atoms with van der Waals surface area (Å²) in [6.45, 7) is 3.96. The third kappa shape index (κ3) is 19.9. The third-order valence-electron chi connectivity index (χ3n) is 3.12. The first-order chi connectivity index (χ1) is 16.6. The summed E-state index contributed by atoms with van der Waals surface area (Å²) in [6.07, 6.45) is 7.29. The van der Waals surface area contributed by atoms with Crippen molar-refractivity contribution in [2.24, 2.45) is 5.92 Å². The van der Waals surface area contributed by atoms with Gasteiger partial charge in [-0.2, -0.15) is 0 Å². The van der Waals surface area contributed by atoms with Gasteiger partial charge in [0.05, 0.1) is 12.5 Å². The van der Waals surface area contributed by atoms with E-state index < -0.39 is 6.09 Å². The molecule has 0 saturated heterocycles. The molecule has 1 amide bonds. The van der Waals surface area contributed by atoms with E-state index in [2.05, 4.69) is 106 Å². The Morgan fingerprint density at radius 3 is 1.74 bits per heavy atom. The molecule has 0 bridgehead atoms. The highest BCUT2D eigenvalue weighted by Gasteiger charge is 2.11. The van der Waals surface area contributed by atoms with Gasteiger partial charge in [-0.1, -0.05) is 13.8 Å². The Morgan fingerprint density at radius 1 is 0.735 bits per heavy atom. The number of esters is 1. The largest absolute Gasteiger partial charge is 0.464 e. The summed E-state index contributed by atoms with van der Waals surface area (Å²) in [5.74, 6) is 38.3. The maximum atomic E-state index is 11.4. The van der Waals surface area contributed by atoms with E-state index in [0.717, 1.165) is 0 Å². The van der Waals surface area contributed by atoms with Gasteiger partial charge in [-0.15, -0.1) is 6.42 Å². The number of hydrogen-bond donors (Lipinski definition) is 1. The average molecular weight is 449 g/mol. The highest BCUT2D eigenvalue weighted by Crippen LogP contribution is 2.02. The van der Waals surface area contributed by atoms with Crippen molar-refractivity contribution in [3.05, 3.63) is 0 Å². The van der Waals surface area contributed by atoms with Crippen molar-refractivity contribution in [2.45, 2.75) is 20.3 Å². The topological polar surface area (TPSA) is 73.9 Å². The van der Waals surface area contributed by atoms with E-state index in [1.165, 1.54) is 0 Å². The molecule has 6 heteroatoms. The lowest BCUT2D eigenvalue weighted by Gasteiger charge is -2.10.